The first-order valence-electron chi connectivity index (χ1n) is 7.58. The molecule has 1 unspecified atom stereocenters. The molecule has 3 rings (SSSR count). The van der Waals surface area contributed by atoms with E-state index in [0.29, 0.717) is 5.91 Å². The number of hydrogen-bond acceptors (Lipinski definition) is 3. The van der Waals surface area contributed by atoms with Crippen LogP contribution in [0.4, 0.5) is 5.69 Å². The third kappa shape index (κ3) is 3.69. The lowest BCUT2D eigenvalue weighted by molar-refractivity contribution is -0.133. The van der Waals surface area contributed by atoms with E-state index in [1.807, 2.05) is 4.90 Å². The summed E-state index contributed by atoms with van der Waals surface area (Å²) >= 11 is 0. The number of aryl methyl sites for hydroxylation is 1. The quantitative estimate of drug-likeness (QED) is 0.905. The van der Waals surface area contributed by atoms with Crippen molar-refractivity contribution in [2.24, 2.45) is 0 Å². The van der Waals surface area contributed by atoms with Crippen molar-refractivity contribution in [1.29, 1.82) is 0 Å². The van der Waals surface area contributed by atoms with Crippen molar-refractivity contribution in [2.75, 3.05) is 37.6 Å². The predicted octanol–water partition coefficient (Wildman–Crippen LogP) is 1.82. The Labute approximate surface area is 132 Å². The Balaban J connectivity index is 0.00000161. The predicted molar refractivity (Wildman–Crippen MR) is 88.2 cm³/mol. The summed E-state index contributed by atoms with van der Waals surface area (Å²) in [5, 5.41) is 3.30. The van der Waals surface area contributed by atoms with Gasteiger partial charge in [0, 0.05) is 31.9 Å². The molecule has 4 nitrogen and oxygen atoms in total. The second-order valence-corrected chi connectivity index (χ2v) is 5.80. The standard InChI is InChI=1S/C16H23N3O.ClH/c1-13-4-2-5-14(12-13)18-8-10-19(11-9-18)16(20)15-6-3-7-17-15;/h2,4-5,12,15,17H,3,6-11H2,1H3;1H. The molecule has 0 aromatic heterocycles. The van der Waals surface area contributed by atoms with Crippen molar-refractivity contribution < 1.29 is 4.79 Å². The number of benzene rings is 1. The second kappa shape index (κ2) is 7.14. The van der Waals surface area contributed by atoms with Gasteiger partial charge in [-0.15, -0.1) is 12.4 Å². The molecule has 1 aromatic rings. The van der Waals surface area contributed by atoms with Crippen LogP contribution in [-0.2, 0) is 4.79 Å². The van der Waals surface area contributed by atoms with Gasteiger partial charge in [0.2, 0.25) is 5.91 Å². The highest BCUT2D eigenvalue weighted by atomic mass is 35.5. The summed E-state index contributed by atoms with van der Waals surface area (Å²) in [6, 6.07) is 8.67. The van der Waals surface area contributed by atoms with Gasteiger partial charge in [0.15, 0.2) is 0 Å². The Morgan fingerprint density at radius 1 is 1.24 bits per heavy atom. The topological polar surface area (TPSA) is 35.6 Å². The lowest BCUT2D eigenvalue weighted by Crippen LogP contribution is -2.53. The Hall–Kier alpha value is -1.26. The summed E-state index contributed by atoms with van der Waals surface area (Å²) in [6.07, 6.45) is 2.12. The van der Waals surface area contributed by atoms with E-state index in [2.05, 4.69) is 41.4 Å². The zero-order valence-electron chi connectivity index (χ0n) is 12.5. The molecule has 2 aliphatic rings. The first-order valence-corrected chi connectivity index (χ1v) is 7.58. The Kier molecular flexibility index (Phi) is 5.48. The number of carbonyl (C=O) groups is 1. The number of anilines is 1. The average molecular weight is 310 g/mol. The van der Waals surface area contributed by atoms with Crippen LogP contribution < -0.4 is 10.2 Å². The highest BCUT2D eigenvalue weighted by Gasteiger charge is 2.29. The van der Waals surface area contributed by atoms with Crippen molar-refractivity contribution >= 4 is 24.0 Å². The van der Waals surface area contributed by atoms with Gasteiger partial charge in [-0.1, -0.05) is 12.1 Å². The molecule has 2 heterocycles. The van der Waals surface area contributed by atoms with Crippen LogP contribution in [0.15, 0.2) is 24.3 Å². The van der Waals surface area contributed by atoms with Crippen LogP contribution in [0.2, 0.25) is 0 Å². The van der Waals surface area contributed by atoms with Crippen molar-refractivity contribution in [3.05, 3.63) is 29.8 Å². The summed E-state index contributed by atoms with van der Waals surface area (Å²) in [5.41, 5.74) is 2.56. The summed E-state index contributed by atoms with van der Waals surface area (Å²) in [7, 11) is 0. The van der Waals surface area contributed by atoms with Crippen LogP contribution >= 0.6 is 12.4 Å². The molecule has 2 fully saturated rings. The second-order valence-electron chi connectivity index (χ2n) is 5.80. The van der Waals surface area contributed by atoms with Gasteiger partial charge >= 0.3 is 0 Å². The van der Waals surface area contributed by atoms with Crippen LogP contribution in [0, 0.1) is 6.92 Å². The van der Waals surface area contributed by atoms with Crippen LogP contribution in [0.3, 0.4) is 0 Å². The molecule has 0 spiro atoms. The van der Waals surface area contributed by atoms with Crippen LogP contribution in [0.25, 0.3) is 0 Å². The Morgan fingerprint density at radius 3 is 2.62 bits per heavy atom. The largest absolute Gasteiger partial charge is 0.368 e. The number of nitrogens with one attached hydrogen (secondary N) is 1. The molecule has 0 aliphatic carbocycles. The smallest absolute Gasteiger partial charge is 0.239 e. The number of hydrogen-bond donors (Lipinski definition) is 1. The van der Waals surface area contributed by atoms with E-state index in [1.165, 1.54) is 11.3 Å². The molecule has 1 aromatic carbocycles. The summed E-state index contributed by atoms with van der Waals surface area (Å²) in [6.45, 7) is 6.65. The Bertz CT molecular complexity index is 480. The minimum Gasteiger partial charge on any atom is -0.368 e. The van der Waals surface area contributed by atoms with Crippen LogP contribution in [0.1, 0.15) is 18.4 Å². The first kappa shape index (κ1) is 16.1. The molecule has 0 bridgehead atoms. The minimum absolute atomic E-state index is 0. The molecular formula is C16H24ClN3O. The molecule has 0 saturated carbocycles. The van der Waals surface area contributed by atoms with Gasteiger partial charge in [-0.25, -0.2) is 0 Å². The fourth-order valence-electron chi connectivity index (χ4n) is 3.13. The lowest BCUT2D eigenvalue weighted by Gasteiger charge is -2.37. The van der Waals surface area contributed by atoms with Crippen molar-refractivity contribution in [2.45, 2.75) is 25.8 Å². The molecule has 5 heteroatoms. The molecule has 116 valence electrons. The monoisotopic (exact) mass is 309 g/mol. The fourth-order valence-corrected chi connectivity index (χ4v) is 3.13. The minimum atomic E-state index is 0. The van der Waals surface area contributed by atoms with Gasteiger partial charge in [0.05, 0.1) is 6.04 Å². The number of nitrogens with zero attached hydrogens (tertiary/aromatic N) is 2. The van der Waals surface area contributed by atoms with Crippen molar-refractivity contribution in [1.82, 2.24) is 10.2 Å². The van der Waals surface area contributed by atoms with Crippen molar-refractivity contribution in [3.8, 4) is 0 Å². The molecular weight excluding hydrogens is 286 g/mol. The number of carbonyl (C=O) groups excluding carboxylic acids is 1. The van der Waals surface area contributed by atoms with Gasteiger partial charge in [-0.3, -0.25) is 4.79 Å². The van der Waals surface area contributed by atoms with E-state index in [4.69, 9.17) is 0 Å². The zero-order valence-corrected chi connectivity index (χ0v) is 13.4. The SMILES string of the molecule is Cc1cccc(N2CCN(C(=O)C3CCCN3)CC2)c1.Cl. The van der Waals surface area contributed by atoms with Crippen LogP contribution in [0.5, 0.6) is 0 Å². The van der Waals surface area contributed by atoms with E-state index in [-0.39, 0.29) is 18.4 Å². The number of piperazine rings is 1. The van der Waals surface area contributed by atoms with Crippen LogP contribution in [-0.4, -0.2) is 49.6 Å². The maximum Gasteiger partial charge on any atom is 0.239 e. The highest BCUT2D eigenvalue weighted by molar-refractivity contribution is 5.85. The van der Waals surface area contributed by atoms with Gasteiger partial charge in [0.1, 0.15) is 0 Å². The van der Waals surface area contributed by atoms with Gasteiger partial charge < -0.3 is 15.1 Å². The van der Waals surface area contributed by atoms with Crippen molar-refractivity contribution in [3.63, 3.8) is 0 Å². The zero-order chi connectivity index (χ0) is 13.9. The maximum atomic E-state index is 12.3. The third-order valence-corrected chi connectivity index (χ3v) is 4.32. The third-order valence-electron chi connectivity index (χ3n) is 4.32. The molecule has 1 atom stereocenters. The van der Waals surface area contributed by atoms with E-state index >= 15 is 0 Å². The lowest BCUT2D eigenvalue weighted by atomic mass is 10.1. The fraction of sp³-hybridized carbons (Fsp3) is 0.562. The molecule has 2 saturated heterocycles. The van der Waals surface area contributed by atoms with E-state index in [9.17, 15) is 4.79 Å². The average Bonchev–Trinajstić information content (AvgIpc) is 3.01. The molecule has 1 N–H and O–H groups in total. The van der Waals surface area contributed by atoms with E-state index in [0.717, 1.165) is 45.6 Å². The van der Waals surface area contributed by atoms with Gasteiger partial charge in [-0.05, 0) is 44.0 Å². The number of amides is 1. The van der Waals surface area contributed by atoms with Gasteiger partial charge in [-0.2, -0.15) is 0 Å². The molecule has 1 amide bonds. The summed E-state index contributed by atoms with van der Waals surface area (Å²) < 4.78 is 0. The Morgan fingerprint density at radius 2 is 2.00 bits per heavy atom. The summed E-state index contributed by atoms with van der Waals surface area (Å²) in [5.74, 6) is 0.298. The molecule has 21 heavy (non-hydrogen) atoms. The van der Waals surface area contributed by atoms with E-state index < -0.39 is 0 Å². The van der Waals surface area contributed by atoms with Gasteiger partial charge in [0.25, 0.3) is 0 Å². The first-order chi connectivity index (χ1) is 9.74. The maximum absolute atomic E-state index is 12.3. The highest BCUT2D eigenvalue weighted by Crippen LogP contribution is 2.18. The molecule has 2 aliphatic heterocycles. The molecule has 0 radical (unpaired) electrons. The van der Waals surface area contributed by atoms with E-state index in [1.54, 1.807) is 0 Å². The summed E-state index contributed by atoms with van der Waals surface area (Å²) in [4.78, 5) is 16.7. The number of halogens is 1. The normalized spacial score (nSPS) is 22.0. The number of rotatable bonds is 2.